The topological polar surface area (TPSA) is 71.6 Å². The molecule has 0 atom stereocenters. The molecule has 6 nitrogen and oxygen atoms in total. The van der Waals surface area contributed by atoms with E-state index in [4.69, 9.17) is 9.47 Å². The number of hydrogen-bond acceptors (Lipinski definition) is 5. The highest BCUT2D eigenvalue weighted by Crippen LogP contribution is 2.40. The van der Waals surface area contributed by atoms with E-state index >= 15 is 0 Å². The first kappa shape index (κ1) is 21.0. The van der Waals surface area contributed by atoms with Crippen molar-refractivity contribution in [3.8, 4) is 11.5 Å². The maximum atomic E-state index is 13.8. The Morgan fingerprint density at radius 3 is 2.58 bits per heavy atom. The summed E-state index contributed by atoms with van der Waals surface area (Å²) in [5, 5.41) is 9.51. The molecule has 168 valence electrons. The van der Waals surface area contributed by atoms with Crippen LogP contribution in [0.1, 0.15) is 23.6 Å². The third kappa shape index (κ3) is 4.27. The molecule has 0 aliphatic carbocycles. The number of amides is 1. The second kappa shape index (κ2) is 8.96. The fraction of sp³-hybridized carbons (Fsp3) is 0.192. The van der Waals surface area contributed by atoms with Crippen molar-refractivity contribution in [3.05, 3.63) is 83.2 Å². The summed E-state index contributed by atoms with van der Waals surface area (Å²) in [6, 6.07) is 17.9. The zero-order valence-corrected chi connectivity index (χ0v) is 18.2. The van der Waals surface area contributed by atoms with Crippen LogP contribution >= 0.6 is 0 Å². The van der Waals surface area contributed by atoms with Crippen molar-refractivity contribution in [1.29, 1.82) is 0 Å². The van der Waals surface area contributed by atoms with Crippen molar-refractivity contribution in [1.82, 2.24) is 5.32 Å². The van der Waals surface area contributed by atoms with Crippen LogP contribution < -0.4 is 25.4 Å². The van der Waals surface area contributed by atoms with Gasteiger partial charge in [-0.1, -0.05) is 19.1 Å². The highest BCUT2D eigenvalue weighted by molar-refractivity contribution is 6.37. The van der Waals surface area contributed by atoms with Crippen molar-refractivity contribution < 1.29 is 18.7 Å². The van der Waals surface area contributed by atoms with Crippen molar-refractivity contribution in [3.63, 3.8) is 0 Å². The van der Waals surface area contributed by atoms with Gasteiger partial charge in [-0.25, -0.2) is 4.39 Å². The first-order chi connectivity index (χ1) is 16.1. The lowest BCUT2D eigenvalue weighted by molar-refractivity contribution is -0.110. The van der Waals surface area contributed by atoms with E-state index in [1.54, 1.807) is 6.07 Å². The summed E-state index contributed by atoms with van der Waals surface area (Å²) in [5.74, 6) is 0.593. The quantitative estimate of drug-likeness (QED) is 0.482. The Morgan fingerprint density at radius 1 is 1.00 bits per heavy atom. The second-order valence-corrected chi connectivity index (χ2v) is 7.85. The maximum absolute atomic E-state index is 13.8. The lowest BCUT2D eigenvalue weighted by Gasteiger charge is -2.21. The molecule has 0 spiro atoms. The minimum Gasteiger partial charge on any atom is -0.486 e. The summed E-state index contributed by atoms with van der Waals surface area (Å²) < 4.78 is 25.2. The monoisotopic (exact) mass is 445 g/mol. The Balaban J connectivity index is 1.59. The molecule has 7 heteroatoms. The number of ether oxygens (including phenoxy) is 2. The minimum atomic E-state index is -0.402. The fourth-order valence-corrected chi connectivity index (χ4v) is 3.99. The smallest absolute Gasteiger partial charge is 0.258 e. The van der Waals surface area contributed by atoms with Gasteiger partial charge >= 0.3 is 0 Å². The van der Waals surface area contributed by atoms with Crippen LogP contribution in [0.25, 0.3) is 11.3 Å². The summed E-state index contributed by atoms with van der Waals surface area (Å²) in [5.41, 5.74) is 4.90. The van der Waals surface area contributed by atoms with Gasteiger partial charge in [-0.3, -0.25) is 4.79 Å². The van der Waals surface area contributed by atoms with Crippen LogP contribution in [0.4, 0.5) is 15.8 Å². The van der Waals surface area contributed by atoms with Gasteiger partial charge in [0.25, 0.3) is 5.91 Å². The Bertz CT molecular complexity index is 1240. The van der Waals surface area contributed by atoms with E-state index in [9.17, 15) is 9.18 Å². The second-order valence-electron chi connectivity index (χ2n) is 7.85. The molecule has 0 bridgehead atoms. The van der Waals surface area contributed by atoms with E-state index < -0.39 is 5.82 Å². The Hall–Kier alpha value is -3.84. The summed E-state index contributed by atoms with van der Waals surface area (Å²) in [6.07, 6.45) is 0. The number of nitrogens with one attached hydrogen (secondary N) is 3. The average Bonchev–Trinajstić information content (AvgIpc) is 3.16. The molecule has 0 saturated heterocycles. The first-order valence-corrected chi connectivity index (χ1v) is 10.9. The third-order valence-corrected chi connectivity index (χ3v) is 5.61. The summed E-state index contributed by atoms with van der Waals surface area (Å²) >= 11 is 0. The number of carbonyl (C=O) groups excluding carboxylic acids is 1. The first-order valence-electron chi connectivity index (χ1n) is 10.9. The molecular formula is C26H24FN3O3. The van der Waals surface area contributed by atoms with E-state index in [1.165, 1.54) is 12.1 Å². The number of anilines is 2. The van der Waals surface area contributed by atoms with Gasteiger partial charge in [-0.05, 0) is 60.6 Å². The molecule has 0 fully saturated rings. The number of hydrogen-bond donors (Lipinski definition) is 3. The van der Waals surface area contributed by atoms with Crippen molar-refractivity contribution in [2.45, 2.75) is 13.5 Å². The molecule has 3 aromatic rings. The van der Waals surface area contributed by atoms with E-state index in [2.05, 4.69) is 22.9 Å². The van der Waals surface area contributed by atoms with Gasteiger partial charge in [-0.2, -0.15) is 0 Å². The van der Waals surface area contributed by atoms with Gasteiger partial charge < -0.3 is 25.4 Å². The molecule has 1 amide bonds. The Kier molecular flexibility index (Phi) is 5.71. The number of rotatable bonds is 6. The summed E-state index contributed by atoms with van der Waals surface area (Å²) in [6.45, 7) is 4.71. The molecule has 3 aromatic carbocycles. The zero-order valence-electron chi connectivity index (χ0n) is 18.2. The van der Waals surface area contributed by atoms with E-state index in [-0.39, 0.29) is 5.91 Å². The largest absolute Gasteiger partial charge is 0.486 e. The predicted molar refractivity (Wildman–Crippen MR) is 127 cm³/mol. The highest BCUT2D eigenvalue weighted by atomic mass is 19.1. The zero-order chi connectivity index (χ0) is 22.8. The molecule has 2 aliphatic heterocycles. The van der Waals surface area contributed by atoms with Crippen molar-refractivity contribution in [2.24, 2.45) is 0 Å². The molecule has 2 aliphatic rings. The molecule has 0 aromatic heterocycles. The summed E-state index contributed by atoms with van der Waals surface area (Å²) in [4.78, 5) is 13.0. The lowest BCUT2D eigenvalue weighted by Crippen LogP contribution is -2.16. The Morgan fingerprint density at radius 2 is 1.79 bits per heavy atom. The van der Waals surface area contributed by atoms with Crippen LogP contribution in [0.15, 0.2) is 60.7 Å². The van der Waals surface area contributed by atoms with Crippen LogP contribution in [-0.4, -0.2) is 25.7 Å². The van der Waals surface area contributed by atoms with Crippen molar-refractivity contribution in [2.75, 3.05) is 30.4 Å². The van der Waals surface area contributed by atoms with Crippen molar-refractivity contribution >= 4 is 28.6 Å². The number of fused-ring (bicyclic) bond motifs is 2. The fourth-order valence-electron chi connectivity index (χ4n) is 3.99. The van der Waals surface area contributed by atoms with E-state index in [0.29, 0.717) is 47.2 Å². The summed E-state index contributed by atoms with van der Waals surface area (Å²) in [7, 11) is 0. The Labute approximate surface area is 191 Å². The highest BCUT2D eigenvalue weighted by Gasteiger charge is 2.29. The van der Waals surface area contributed by atoms with Crippen LogP contribution in [-0.2, 0) is 11.3 Å². The van der Waals surface area contributed by atoms with Crippen LogP contribution in [0.2, 0.25) is 0 Å². The normalized spacial score (nSPS) is 15.6. The van der Waals surface area contributed by atoms with Gasteiger partial charge in [0.1, 0.15) is 19.0 Å². The molecular weight excluding hydrogens is 421 g/mol. The third-order valence-electron chi connectivity index (χ3n) is 5.61. The molecule has 2 heterocycles. The van der Waals surface area contributed by atoms with Gasteiger partial charge in [0.05, 0.1) is 17.0 Å². The average molecular weight is 445 g/mol. The van der Waals surface area contributed by atoms with Gasteiger partial charge in [0, 0.05) is 23.4 Å². The van der Waals surface area contributed by atoms with Crippen LogP contribution in [0.5, 0.6) is 11.5 Å². The molecule has 0 radical (unpaired) electrons. The molecule has 5 rings (SSSR count). The van der Waals surface area contributed by atoms with Crippen LogP contribution in [0.3, 0.4) is 0 Å². The molecule has 33 heavy (non-hydrogen) atoms. The van der Waals surface area contributed by atoms with Gasteiger partial charge in [0.2, 0.25) is 0 Å². The lowest BCUT2D eigenvalue weighted by atomic mass is 9.99. The molecule has 0 unspecified atom stereocenters. The molecule has 0 saturated carbocycles. The predicted octanol–water partition coefficient (Wildman–Crippen LogP) is 4.64. The number of benzene rings is 3. The van der Waals surface area contributed by atoms with E-state index in [1.807, 2.05) is 42.5 Å². The molecule has 3 N–H and O–H groups in total. The maximum Gasteiger partial charge on any atom is 0.258 e. The van der Waals surface area contributed by atoms with Gasteiger partial charge in [0.15, 0.2) is 11.5 Å². The van der Waals surface area contributed by atoms with Crippen LogP contribution in [0, 0.1) is 5.82 Å². The SMILES string of the molecule is CCNCc1ccc(NC(=C2C(=O)Nc3cc(F)ccc32)c2ccc3c(c2)OCCO3)cc1. The van der Waals surface area contributed by atoms with E-state index in [0.717, 1.165) is 29.9 Å². The minimum absolute atomic E-state index is 0.295. The van der Waals surface area contributed by atoms with Gasteiger partial charge in [-0.15, -0.1) is 0 Å². The standard InChI is InChI=1S/C26H24FN3O3/c1-2-28-15-16-3-7-19(8-4-16)29-25(17-5-10-22-23(13-17)33-12-11-32-22)24-20-9-6-18(27)14-21(20)30-26(24)31/h3-10,13-14,28-29H,2,11-12,15H2,1H3,(H,30,31). The number of carbonyl (C=O) groups is 1. The number of halogens is 1.